The van der Waals surface area contributed by atoms with Gasteiger partial charge in [0.25, 0.3) is 10.0 Å². The lowest BCUT2D eigenvalue weighted by molar-refractivity contribution is 0.278. The topological polar surface area (TPSA) is 53.5 Å². The fourth-order valence-electron chi connectivity index (χ4n) is 2.41. The van der Waals surface area contributed by atoms with Crippen molar-refractivity contribution >= 4 is 32.7 Å². The third kappa shape index (κ3) is 3.51. The van der Waals surface area contributed by atoms with E-state index in [-0.39, 0.29) is 0 Å². The molecule has 21 heavy (non-hydrogen) atoms. The van der Waals surface area contributed by atoms with Crippen LogP contribution in [0.1, 0.15) is 11.4 Å². The van der Waals surface area contributed by atoms with Gasteiger partial charge in [-0.2, -0.15) is 4.31 Å². The molecule has 114 valence electrons. The van der Waals surface area contributed by atoms with Gasteiger partial charge in [0.15, 0.2) is 0 Å². The number of nitrogens with zero attached hydrogens (tertiary/aromatic N) is 3. The van der Waals surface area contributed by atoms with Crippen LogP contribution in [0.25, 0.3) is 0 Å². The van der Waals surface area contributed by atoms with Crippen LogP contribution in [0.2, 0.25) is 0 Å². The Hall–Kier alpha value is -0.800. The van der Waals surface area contributed by atoms with Crippen LogP contribution >= 0.6 is 22.7 Å². The first-order valence-electron chi connectivity index (χ1n) is 6.80. The Morgan fingerprint density at radius 2 is 2.05 bits per heavy atom. The van der Waals surface area contributed by atoms with E-state index in [2.05, 4.69) is 9.88 Å². The molecule has 0 unspecified atom stereocenters. The molecule has 0 amide bonds. The highest BCUT2D eigenvalue weighted by atomic mass is 32.2. The van der Waals surface area contributed by atoms with Gasteiger partial charge in [0.1, 0.15) is 9.22 Å². The Bertz CT molecular complexity index is 653. The number of thiophene rings is 1. The smallest absolute Gasteiger partial charge is 0.252 e. The molecule has 5 nitrogen and oxygen atoms in total. The van der Waals surface area contributed by atoms with E-state index < -0.39 is 10.0 Å². The van der Waals surface area contributed by atoms with Crippen LogP contribution in [0.5, 0.6) is 0 Å². The van der Waals surface area contributed by atoms with E-state index in [0.29, 0.717) is 17.3 Å². The van der Waals surface area contributed by atoms with Crippen LogP contribution in [0.3, 0.4) is 0 Å². The van der Waals surface area contributed by atoms with Gasteiger partial charge in [-0.25, -0.2) is 13.4 Å². The van der Waals surface area contributed by atoms with Crippen molar-refractivity contribution in [3.05, 3.63) is 34.1 Å². The minimum Gasteiger partial charge on any atom is -0.295 e. The van der Waals surface area contributed by atoms with Crippen LogP contribution in [0.15, 0.2) is 33.3 Å². The maximum absolute atomic E-state index is 12.5. The average Bonchev–Trinajstić information content (AvgIpc) is 3.10. The number of thiazole rings is 1. The normalized spacial score (nSPS) is 18.7. The van der Waals surface area contributed by atoms with Crippen molar-refractivity contribution in [1.29, 1.82) is 0 Å². The summed E-state index contributed by atoms with van der Waals surface area (Å²) in [7, 11) is -3.32. The standard InChI is InChI=1S/C13H17N3O2S3/c17-21(18,13-3-1-9-20-13)16-6-2-5-15(7-8-16)11-12-14-4-10-19-12/h1,3-4,9-10H,2,5-8,11H2. The van der Waals surface area contributed by atoms with Gasteiger partial charge >= 0.3 is 0 Å². The van der Waals surface area contributed by atoms with Gasteiger partial charge in [0.05, 0.1) is 6.54 Å². The Labute approximate surface area is 132 Å². The maximum Gasteiger partial charge on any atom is 0.252 e. The fraction of sp³-hybridized carbons (Fsp3) is 0.462. The Morgan fingerprint density at radius 3 is 2.76 bits per heavy atom. The van der Waals surface area contributed by atoms with Gasteiger partial charge in [0.2, 0.25) is 0 Å². The second-order valence-electron chi connectivity index (χ2n) is 4.89. The molecule has 3 rings (SSSR count). The minimum atomic E-state index is -3.32. The summed E-state index contributed by atoms with van der Waals surface area (Å²) in [6.07, 6.45) is 2.67. The summed E-state index contributed by atoms with van der Waals surface area (Å²) in [5.41, 5.74) is 0. The summed E-state index contributed by atoms with van der Waals surface area (Å²) in [4.78, 5) is 6.58. The molecule has 2 aromatic heterocycles. The van der Waals surface area contributed by atoms with Gasteiger partial charge in [-0.05, 0) is 24.4 Å². The first kappa shape index (κ1) is 15.1. The van der Waals surface area contributed by atoms with Crippen molar-refractivity contribution in [2.24, 2.45) is 0 Å². The molecule has 0 aromatic carbocycles. The fourth-order valence-corrected chi connectivity index (χ4v) is 5.68. The monoisotopic (exact) mass is 343 g/mol. The van der Waals surface area contributed by atoms with E-state index in [9.17, 15) is 8.42 Å². The lowest BCUT2D eigenvalue weighted by Gasteiger charge is -2.20. The van der Waals surface area contributed by atoms with E-state index in [1.54, 1.807) is 33.2 Å². The number of hydrogen-bond acceptors (Lipinski definition) is 6. The molecule has 3 heterocycles. The molecule has 0 radical (unpaired) electrons. The molecule has 1 saturated heterocycles. The summed E-state index contributed by atoms with van der Waals surface area (Å²) >= 11 is 2.93. The zero-order chi connectivity index (χ0) is 14.7. The molecule has 0 atom stereocenters. The lowest BCUT2D eigenvalue weighted by atomic mass is 10.4. The molecular weight excluding hydrogens is 326 g/mol. The average molecular weight is 343 g/mol. The summed E-state index contributed by atoms with van der Waals surface area (Å²) < 4.78 is 27.1. The largest absolute Gasteiger partial charge is 0.295 e. The molecule has 1 fully saturated rings. The molecule has 0 bridgehead atoms. The Balaban J connectivity index is 1.66. The minimum absolute atomic E-state index is 0.441. The first-order valence-corrected chi connectivity index (χ1v) is 10.0. The Morgan fingerprint density at radius 1 is 1.14 bits per heavy atom. The van der Waals surface area contributed by atoms with E-state index in [1.807, 2.05) is 11.6 Å². The summed E-state index contributed by atoms with van der Waals surface area (Å²) in [5, 5.41) is 4.87. The van der Waals surface area contributed by atoms with E-state index in [0.717, 1.165) is 31.1 Å². The van der Waals surface area contributed by atoms with E-state index in [4.69, 9.17) is 0 Å². The summed E-state index contributed by atoms with van der Waals surface area (Å²) in [5.74, 6) is 0. The molecule has 8 heteroatoms. The van der Waals surface area contributed by atoms with Crippen LogP contribution in [0.4, 0.5) is 0 Å². The van der Waals surface area contributed by atoms with Gasteiger partial charge in [0, 0.05) is 31.2 Å². The summed E-state index contributed by atoms with van der Waals surface area (Å²) in [6.45, 7) is 3.62. The van der Waals surface area contributed by atoms with E-state index >= 15 is 0 Å². The van der Waals surface area contributed by atoms with E-state index in [1.165, 1.54) is 11.3 Å². The highest BCUT2D eigenvalue weighted by Crippen LogP contribution is 2.22. The zero-order valence-corrected chi connectivity index (χ0v) is 14.0. The quantitative estimate of drug-likeness (QED) is 0.853. The summed E-state index contributed by atoms with van der Waals surface area (Å²) in [6, 6.07) is 3.46. The number of aromatic nitrogens is 1. The third-order valence-electron chi connectivity index (χ3n) is 3.48. The molecule has 1 aliphatic rings. The van der Waals surface area contributed by atoms with Crippen LogP contribution in [-0.4, -0.2) is 48.8 Å². The molecule has 0 spiro atoms. The predicted octanol–water partition coefficient (Wildman–Crippen LogP) is 2.10. The highest BCUT2D eigenvalue weighted by Gasteiger charge is 2.27. The number of sulfonamides is 1. The molecule has 0 saturated carbocycles. The first-order chi connectivity index (χ1) is 10.2. The van der Waals surface area contributed by atoms with Crippen molar-refractivity contribution < 1.29 is 8.42 Å². The number of hydrogen-bond donors (Lipinski definition) is 0. The van der Waals surface area contributed by atoms with Crippen molar-refractivity contribution in [2.75, 3.05) is 26.2 Å². The van der Waals surface area contributed by atoms with Crippen molar-refractivity contribution in [3.63, 3.8) is 0 Å². The van der Waals surface area contributed by atoms with Crippen molar-refractivity contribution in [3.8, 4) is 0 Å². The van der Waals surface area contributed by atoms with Gasteiger partial charge in [-0.1, -0.05) is 6.07 Å². The maximum atomic E-state index is 12.5. The van der Waals surface area contributed by atoms with Gasteiger partial charge in [-0.15, -0.1) is 22.7 Å². The zero-order valence-electron chi connectivity index (χ0n) is 11.5. The third-order valence-corrected chi connectivity index (χ3v) is 7.52. The molecule has 2 aromatic rings. The Kier molecular flexibility index (Phi) is 4.70. The van der Waals surface area contributed by atoms with Gasteiger partial charge < -0.3 is 0 Å². The van der Waals surface area contributed by atoms with Crippen molar-refractivity contribution in [2.45, 2.75) is 17.2 Å². The lowest BCUT2D eigenvalue weighted by Crippen LogP contribution is -2.34. The second-order valence-corrected chi connectivity index (χ2v) is 8.98. The highest BCUT2D eigenvalue weighted by molar-refractivity contribution is 7.91. The predicted molar refractivity (Wildman–Crippen MR) is 85.1 cm³/mol. The van der Waals surface area contributed by atoms with Crippen LogP contribution in [0, 0.1) is 0 Å². The molecule has 0 aliphatic carbocycles. The number of rotatable bonds is 4. The van der Waals surface area contributed by atoms with Crippen LogP contribution < -0.4 is 0 Å². The molecular formula is C13H17N3O2S3. The van der Waals surface area contributed by atoms with Gasteiger partial charge in [-0.3, -0.25) is 4.90 Å². The molecule has 1 aliphatic heterocycles. The molecule has 0 N–H and O–H groups in total. The second kappa shape index (κ2) is 6.53. The van der Waals surface area contributed by atoms with Crippen molar-refractivity contribution in [1.82, 2.24) is 14.2 Å². The van der Waals surface area contributed by atoms with Crippen LogP contribution in [-0.2, 0) is 16.6 Å². The SMILES string of the molecule is O=S(=O)(c1cccs1)N1CCCN(Cc2nccs2)CC1.